The molecule has 0 saturated heterocycles. The van der Waals surface area contributed by atoms with E-state index in [-0.39, 0.29) is 41.3 Å². The summed E-state index contributed by atoms with van der Waals surface area (Å²) in [6.45, 7) is 11.7. The van der Waals surface area contributed by atoms with Crippen LogP contribution >= 0.6 is 0 Å². The molecular formula is C28H34N6O4. The molecule has 0 fully saturated rings. The topological polar surface area (TPSA) is 120 Å². The monoisotopic (exact) mass is 518 g/mol. The molecule has 1 atom stereocenters. The van der Waals surface area contributed by atoms with E-state index in [0.717, 1.165) is 22.2 Å². The number of carbonyl (C=O) groups excluding carboxylic acids is 2. The normalized spacial score (nSPS) is 12.3. The highest BCUT2D eigenvalue weighted by atomic mass is 16.2. The third-order valence-electron chi connectivity index (χ3n) is 6.66. The van der Waals surface area contributed by atoms with Crippen molar-refractivity contribution in [2.45, 2.75) is 67.1 Å². The SMILES string of the molecule is CCC(C)NC(=O)c1ccc2c(=O)n(CC(C)C)c3nn(CC(=O)Nc4ccc(C)c(C)c4)c(=O)n3c2c1. The van der Waals surface area contributed by atoms with Crippen LogP contribution in [0.2, 0.25) is 0 Å². The number of nitrogens with zero attached hydrogens (tertiary/aromatic N) is 4. The van der Waals surface area contributed by atoms with E-state index in [2.05, 4.69) is 15.7 Å². The molecule has 4 aromatic rings. The van der Waals surface area contributed by atoms with Crippen molar-refractivity contribution in [2.24, 2.45) is 5.92 Å². The minimum absolute atomic E-state index is 0.0291. The lowest BCUT2D eigenvalue weighted by Gasteiger charge is -2.14. The summed E-state index contributed by atoms with van der Waals surface area (Å²) in [7, 11) is 0. The Hall–Kier alpha value is -4.21. The van der Waals surface area contributed by atoms with Crippen LogP contribution in [0.3, 0.4) is 0 Å². The molecule has 38 heavy (non-hydrogen) atoms. The number of rotatable bonds is 8. The van der Waals surface area contributed by atoms with Crippen molar-refractivity contribution in [2.75, 3.05) is 5.32 Å². The van der Waals surface area contributed by atoms with Gasteiger partial charge in [0.1, 0.15) is 6.54 Å². The van der Waals surface area contributed by atoms with Gasteiger partial charge in [-0.1, -0.05) is 26.8 Å². The number of carbonyl (C=O) groups is 2. The highest BCUT2D eigenvalue weighted by Gasteiger charge is 2.21. The Bertz CT molecular complexity index is 1660. The summed E-state index contributed by atoms with van der Waals surface area (Å²) < 4.78 is 3.81. The second-order valence-electron chi connectivity index (χ2n) is 10.2. The van der Waals surface area contributed by atoms with Crippen LogP contribution in [-0.4, -0.2) is 36.6 Å². The molecule has 4 rings (SSSR count). The fraction of sp³-hybridized carbons (Fsp3) is 0.393. The van der Waals surface area contributed by atoms with Gasteiger partial charge in [0.15, 0.2) is 0 Å². The van der Waals surface area contributed by atoms with Gasteiger partial charge in [0, 0.05) is 23.8 Å². The summed E-state index contributed by atoms with van der Waals surface area (Å²) in [4.78, 5) is 52.6. The highest BCUT2D eigenvalue weighted by molar-refractivity contribution is 5.98. The fourth-order valence-electron chi connectivity index (χ4n) is 4.25. The maximum Gasteiger partial charge on any atom is 0.352 e. The van der Waals surface area contributed by atoms with Crippen molar-refractivity contribution in [1.29, 1.82) is 0 Å². The van der Waals surface area contributed by atoms with Gasteiger partial charge in [0.2, 0.25) is 11.7 Å². The third-order valence-corrected chi connectivity index (χ3v) is 6.66. The second kappa shape index (κ2) is 10.6. The van der Waals surface area contributed by atoms with Crippen molar-refractivity contribution < 1.29 is 9.59 Å². The summed E-state index contributed by atoms with van der Waals surface area (Å²) in [5.74, 6) is -0.495. The van der Waals surface area contributed by atoms with Crippen LogP contribution in [0.1, 0.15) is 55.6 Å². The number of hydrogen-bond acceptors (Lipinski definition) is 5. The first kappa shape index (κ1) is 26.8. The molecule has 0 saturated carbocycles. The predicted molar refractivity (Wildman–Crippen MR) is 148 cm³/mol. The van der Waals surface area contributed by atoms with Crippen LogP contribution in [0.25, 0.3) is 16.7 Å². The van der Waals surface area contributed by atoms with Gasteiger partial charge in [-0.25, -0.2) is 13.9 Å². The Morgan fingerprint density at radius 1 is 1.00 bits per heavy atom. The Kier molecular flexibility index (Phi) is 7.52. The van der Waals surface area contributed by atoms with E-state index < -0.39 is 11.6 Å². The number of fused-ring (bicyclic) bond motifs is 3. The average molecular weight is 519 g/mol. The first-order valence-corrected chi connectivity index (χ1v) is 12.8. The summed E-state index contributed by atoms with van der Waals surface area (Å²) in [6.07, 6.45) is 0.764. The molecule has 1 unspecified atom stereocenters. The van der Waals surface area contributed by atoms with E-state index in [0.29, 0.717) is 23.2 Å². The molecule has 2 heterocycles. The lowest BCUT2D eigenvalue weighted by Crippen LogP contribution is -2.32. The van der Waals surface area contributed by atoms with E-state index >= 15 is 0 Å². The van der Waals surface area contributed by atoms with E-state index in [4.69, 9.17) is 0 Å². The molecule has 0 bridgehead atoms. The zero-order chi connectivity index (χ0) is 27.7. The van der Waals surface area contributed by atoms with E-state index in [1.165, 1.54) is 15.0 Å². The van der Waals surface area contributed by atoms with Crippen LogP contribution in [0.4, 0.5) is 5.69 Å². The summed E-state index contributed by atoms with van der Waals surface area (Å²) in [6, 6.07) is 10.2. The summed E-state index contributed by atoms with van der Waals surface area (Å²) in [5.41, 5.74) is 2.47. The van der Waals surface area contributed by atoms with Crippen LogP contribution in [-0.2, 0) is 17.9 Å². The molecule has 0 aliphatic carbocycles. The largest absolute Gasteiger partial charge is 0.352 e. The van der Waals surface area contributed by atoms with Crippen LogP contribution < -0.4 is 21.9 Å². The zero-order valence-electron chi connectivity index (χ0n) is 22.7. The van der Waals surface area contributed by atoms with Gasteiger partial charge in [-0.2, -0.15) is 0 Å². The molecule has 0 radical (unpaired) electrons. The van der Waals surface area contributed by atoms with Gasteiger partial charge in [0.05, 0.1) is 10.9 Å². The Balaban J connectivity index is 1.82. The van der Waals surface area contributed by atoms with Gasteiger partial charge < -0.3 is 10.6 Å². The summed E-state index contributed by atoms with van der Waals surface area (Å²) in [5, 5.41) is 10.4. The molecule has 2 amide bonds. The summed E-state index contributed by atoms with van der Waals surface area (Å²) >= 11 is 0. The third kappa shape index (κ3) is 5.25. The number of hydrogen-bond donors (Lipinski definition) is 2. The molecule has 0 aliphatic rings. The minimum atomic E-state index is -0.572. The van der Waals surface area contributed by atoms with E-state index in [1.807, 2.05) is 53.7 Å². The number of nitrogens with one attached hydrogen (secondary N) is 2. The lowest BCUT2D eigenvalue weighted by atomic mass is 10.1. The molecule has 2 N–H and O–H groups in total. The van der Waals surface area contributed by atoms with Gasteiger partial charge in [-0.3, -0.25) is 19.0 Å². The van der Waals surface area contributed by atoms with Gasteiger partial charge in [-0.15, -0.1) is 5.10 Å². The van der Waals surface area contributed by atoms with E-state index in [9.17, 15) is 19.2 Å². The molecule has 2 aromatic heterocycles. The van der Waals surface area contributed by atoms with Gasteiger partial charge >= 0.3 is 5.69 Å². The number of benzene rings is 2. The number of anilines is 1. The number of amides is 2. The van der Waals surface area contributed by atoms with Crippen LogP contribution in [0, 0.1) is 19.8 Å². The first-order chi connectivity index (χ1) is 18.0. The maximum absolute atomic E-state index is 13.6. The molecule has 10 nitrogen and oxygen atoms in total. The Morgan fingerprint density at radius 3 is 2.39 bits per heavy atom. The minimum Gasteiger partial charge on any atom is -0.350 e. The molecule has 0 aliphatic heterocycles. The number of aryl methyl sites for hydroxylation is 2. The molecule has 0 spiro atoms. The van der Waals surface area contributed by atoms with Crippen molar-refractivity contribution in [3.8, 4) is 0 Å². The quantitative estimate of drug-likeness (QED) is 0.371. The Morgan fingerprint density at radius 2 is 1.74 bits per heavy atom. The smallest absolute Gasteiger partial charge is 0.350 e. The van der Waals surface area contributed by atoms with Gasteiger partial charge in [-0.05, 0) is 74.6 Å². The molecule has 10 heteroatoms. The van der Waals surface area contributed by atoms with Crippen molar-refractivity contribution in [3.63, 3.8) is 0 Å². The molecule has 200 valence electrons. The first-order valence-electron chi connectivity index (χ1n) is 12.8. The van der Waals surface area contributed by atoms with E-state index in [1.54, 1.807) is 18.2 Å². The second-order valence-corrected chi connectivity index (χ2v) is 10.2. The van der Waals surface area contributed by atoms with Gasteiger partial charge in [0.25, 0.3) is 11.5 Å². The standard InChI is InChI=1S/C28H34N6O4/c1-7-19(6)29-25(36)20-9-11-22-23(13-20)34-27(32(26(22)37)14-16(2)3)31-33(28(34)38)15-24(35)30-21-10-8-17(4)18(5)12-21/h8-13,16,19H,7,14-15H2,1-6H3,(H,29,36)(H,30,35). The number of aromatic nitrogens is 4. The molecule has 2 aromatic carbocycles. The molecular weight excluding hydrogens is 484 g/mol. The van der Waals surface area contributed by atoms with Crippen LogP contribution in [0.15, 0.2) is 46.0 Å². The Labute approximate surface area is 220 Å². The maximum atomic E-state index is 13.6. The van der Waals surface area contributed by atoms with Crippen molar-refractivity contribution >= 4 is 34.2 Å². The highest BCUT2D eigenvalue weighted by Crippen LogP contribution is 2.16. The zero-order valence-corrected chi connectivity index (χ0v) is 22.7. The van der Waals surface area contributed by atoms with Crippen LogP contribution in [0.5, 0.6) is 0 Å². The average Bonchev–Trinajstić information content (AvgIpc) is 3.18. The lowest BCUT2D eigenvalue weighted by molar-refractivity contribution is -0.117. The predicted octanol–water partition coefficient (Wildman–Crippen LogP) is 3.25. The van der Waals surface area contributed by atoms with Crippen molar-refractivity contribution in [1.82, 2.24) is 24.1 Å². The fourth-order valence-corrected chi connectivity index (χ4v) is 4.25. The van der Waals surface area contributed by atoms with Crippen molar-refractivity contribution in [3.05, 3.63) is 73.9 Å².